The molecule has 3 fully saturated rings. The minimum atomic E-state index is 0.260. The van der Waals surface area contributed by atoms with Crippen LogP contribution in [-0.2, 0) is 9.47 Å². The Labute approximate surface area is 161 Å². The normalized spacial score (nSPS) is 31.1. The Morgan fingerprint density at radius 2 is 1.50 bits per heavy atom. The summed E-state index contributed by atoms with van der Waals surface area (Å²) >= 11 is 0. The molecular formula is C23H41NO2. The van der Waals surface area contributed by atoms with Gasteiger partial charge in [-0.05, 0) is 32.1 Å². The number of allylic oxidation sites excluding steroid dienone is 1. The second kappa shape index (κ2) is 11.5. The predicted molar refractivity (Wildman–Crippen MR) is 108 cm³/mol. The van der Waals surface area contributed by atoms with Gasteiger partial charge in [-0.2, -0.15) is 0 Å². The standard InChI is InChI=1S/C23H41NO2/c1-2-3-4-5-6-7-8-9-10-11-12-13-14-16-21-20-19-25-22-17-15-18-23(26-21)24(20)22/h14,16,20-23H,2-13,15,17-19H2,1H3/b16-14+/t20-,21+,22-,23+/m0/s1. The average molecular weight is 364 g/mol. The maximum absolute atomic E-state index is 6.27. The smallest absolute Gasteiger partial charge is 0.113 e. The lowest BCUT2D eigenvalue weighted by atomic mass is 10.0. The van der Waals surface area contributed by atoms with Gasteiger partial charge in [0.25, 0.3) is 0 Å². The fourth-order valence-corrected chi connectivity index (χ4v) is 4.85. The molecule has 0 aromatic carbocycles. The third-order valence-corrected chi connectivity index (χ3v) is 6.40. The summed E-state index contributed by atoms with van der Waals surface area (Å²) in [6.07, 6.45) is 26.0. The van der Waals surface area contributed by atoms with Crippen LogP contribution in [0.4, 0.5) is 0 Å². The highest BCUT2D eigenvalue weighted by molar-refractivity contribution is 5.05. The number of hydrogen-bond donors (Lipinski definition) is 0. The molecule has 3 aliphatic heterocycles. The molecule has 3 heteroatoms. The van der Waals surface area contributed by atoms with Crippen molar-refractivity contribution in [1.29, 1.82) is 0 Å². The highest BCUT2D eigenvalue weighted by Crippen LogP contribution is 2.39. The maximum atomic E-state index is 6.27. The van der Waals surface area contributed by atoms with E-state index in [-0.39, 0.29) is 6.10 Å². The fraction of sp³-hybridized carbons (Fsp3) is 0.913. The van der Waals surface area contributed by atoms with Crippen LogP contribution < -0.4 is 0 Å². The molecule has 0 amide bonds. The highest BCUT2D eigenvalue weighted by atomic mass is 16.6. The third-order valence-electron chi connectivity index (χ3n) is 6.40. The van der Waals surface area contributed by atoms with Crippen LogP contribution in [0.25, 0.3) is 0 Å². The molecule has 0 aromatic rings. The van der Waals surface area contributed by atoms with Crippen LogP contribution in [0.3, 0.4) is 0 Å². The van der Waals surface area contributed by atoms with E-state index in [1.54, 1.807) is 0 Å². The van der Waals surface area contributed by atoms with Gasteiger partial charge in [0.05, 0.1) is 18.8 Å². The first kappa shape index (κ1) is 20.4. The van der Waals surface area contributed by atoms with Gasteiger partial charge in [-0.25, -0.2) is 4.90 Å². The predicted octanol–water partition coefficient (Wildman–Crippen LogP) is 6.18. The van der Waals surface area contributed by atoms with Crippen molar-refractivity contribution >= 4 is 0 Å². The Morgan fingerprint density at radius 1 is 0.846 bits per heavy atom. The summed E-state index contributed by atoms with van der Waals surface area (Å²) in [5.41, 5.74) is 0. The van der Waals surface area contributed by atoms with Crippen LogP contribution in [0.1, 0.15) is 103 Å². The summed E-state index contributed by atoms with van der Waals surface area (Å²) in [6.45, 7) is 3.15. The summed E-state index contributed by atoms with van der Waals surface area (Å²) in [7, 11) is 0. The number of nitrogens with zero attached hydrogens (tertiary/aromatic N) is 1. The molecule has 0 spiro atoms. The van der Waals surface area contributed by atoms with Crippen molar-refractivity contribution in [1.82, 2.24) is 4.90 Å². The quantitative estimate of drug-likeness (QED) is 0.288. The largest absolute Gasteiger partial charge is 0.361 e. The molecule has 0 bridgehead atoms. The molecule has 0 N–H and O–H groups in total. The first-order valence-electron chi connectivity index (χ1n) is 11.6. The zero-order valence-electron chi connectivity index (χ0n) is 17.0. The van der Waals surface area contributed by atoms with Gasteiger partial charge in [0.1, 0.15) is 12.5 Å². The van der Waals surface area contributed by atoms with E-state index in [0.29, 0.717) is 18.5 Å². The van der Waals surface area contributed by atoms with Gasteiger partial charge in [0.2, 0.25) is 0 Å². The first-order valence-corrected chi connectivity index (χ1v) is 11.6. The first-order chi connectivity index (χ1) is 12.9. The molecule has 26 heavy (non-hydrogen) atoms. The van der Waals surface area contributed by atoms with Gasteiger partial charge in [-0.15, -0.1) is 0 Å². The summed E-state index contributed by atoms with van der Waals surface area (Å²) < 4.78 is 12.2. The van der Waals surface area contributed by atoms with E-state index in [0.717, 1.165) is 6.61 Å². The molecule has 0 saturated carbocycles. The van der Waals surface area contributed by atoms with Crippen molar-refractivity contribution in [3.05, 3.63) is 12.2 Å². The van der Waals surface area contributed by atoms with E-state index in [2.05, 4.69) is 24.0 Å². The molecule has 3 saturated heterocycles. The van der Waals surface area contributed by atoms with E-state index in [1.807, 2.05) is 0 Å². The molecular weight excluding hydrogens is 322 g/mol. The number of unbranched alkanes of at least 4 members (excludes halogenated alkanes) is 11. The lowest BCUT2D eigenvalue weighted by Crippen LogP contribution is -2.43. The van der Waals surface area contributed by atoms with Crippen molar-refractivity contribution in [2.24, 2.45) is 0 Å². The molecule has 0 unspecified atom stereocenters. The minimum absolute atomic E-state index is 0.260. The minimum Gasteiger partial charge on any atom is -0.361 e. The SMILES string of the molecule is CCCCCCCCCCCCC/C=C/[C@H]1O[C@@H]2CCC[C@@H]3OC[C@@H]1N32. The summed E-state index contributed by atoms with van der Waals surface area (Å²) in [4.78, 5) is 2.50. The third kappa shape index (κ3) is 5.81. The van der Waals surface area contributed by atoms with E-state index in [1.165, 1.54) is 96.3 Å². The van der Waals surface area contributed by atoms with E-state index < -0.39 is 0 Å². The van der Waals surface area contributed by atoms with Gasteiger partial charge in [0, 0.05) is 0 Å². The zero-order chi connectivity index (χ0) is 18.0. The molecule has 3 nitrogen and oxygen atoms in total. The fourth-order valence-electron chi connectivity index (χ4n) is 4.85. The lowest BCUT2D eigenvalue weighted by Gasteiger charge is -2.31. The maximum Gasteiger partial charge on any atom is 0.113 e. The number of rotatable bonds is 13. The van der Waals surface area contributed by atoms with E-state index in [9.17, 15) is 0 Å². The van der Waals surface area contributed by atoms with Crippen molar-refractivity contribution in [3.63, 3.8) is 0 Å². The Bertz CT molecular complexity index is 411. The zero-order valence-corrected chi connectivity index (χ0v) is 17.0. The summed E-state index contributed by atoms with van der Waals surface area (Å²) in [5.74, 6) is 0. The van der Waals surface area contributed by atoms with E-state index >= 15 is 0 Å². The average Bonchev–Trinajstić information content (AvgIpc) is 3.25. The highest BCUT2D eigenvalue weighted by Gasteiger charge is 2.50. The van der Waals surface area contributed by atoms with Crippen LogP contribution >= 0.6 is 0 Å². The van der Waals surface area contributed by atoms with Crippen LogP contribution in [0, 0.1) is 0 Å². The number of piperidine rings is 1. The monoisotopic (exact) mass is 363 g/mol. The van der Waals surface area contributed by atoms with Crippen molar-refractivity contribution in [2.45, 2.75) is 128 Å². The van der Waals surface area contributed by atoms with Crippen molar-refractivity contribution in [3.8, 4) is 0 Å². The molecule has 0 radical (unpaired) electrons. The molecule has 3 heterocycles. The second-order valence-electron chi connectivity index (χ2n) is 8.54. The summed E-state index contributed by atoms with van der Waals surface area (Å²) in [5, 5.41) is 0. The molecule has 3 rings (SSSR count). The van der Waals surface area contributed by atoms with Gasteiger partial charge in [-0.3, -0.25) is 0 Å². The van der Waals surface area contributed by atoms with Gasteiger partial charge in [0.15, 0.2) is 0 Å². The Hall–Kier alpha value is -0.380. The topological polar surface area (TPSA) is 21.7 Å². The Morgan fingerprint density at radius 3 is 2.23 bits per heavy atom. The number of hydrogen-bond acceptors (Lipinski definition) is 3. The number of ether oxygens (including phenoxy) is 2. The van der Waals surface area contributed by atoms with E-state index in [4.69, 9.17) is 9.47 Å². The Kier molecular flexibility index (Phi) is 8.97. The Balaban J connectivity index is 1.18. The lowest BCUT2D eigenvalue weighted by molar-refractivity contribution is -0.0938. The summed E-state index contributed by atoms with van der Waals surface area (Å²) in [6, 6.07) is 0.471. The van der Waals surface area contributed by atoms with Crippen LogP contribution in [-0.4, -0.2) is 36.1 Å². The van der Waals surface area contributed by atoms with Gasteiger partial charge >= 0.3 is 0 Å². The van der Waals surface area contributed by atoms with Crippen LogP contribution in [0.2, 0.25) is 0 Å². The van der Waals surface area contributed by atoms with Gasteiger partial charge < -0.3 is 9.47 Å². The van der Waals surface area contributed by atoms with Crippen LogP contribution in [0.15, 0.2) is 12.2 Å². The molecule has 3 aliphatic rings. The van der Waals surface area contributed by atoms with Crippen LogP contribution in [0.5, 0.6) is 0 Å². The van der Waals surface area contributed by atoms with Gasteiger partial charge in [-0.1, -0.05) is 83.3 Å². The molecule has 0 aromatic heterocycles. The molecule has 150 valence electrons. The second-order valence-corrected chi connectivity index (χ2v) is 8.54. The van der Waals surface area contributed by atoms with Crippen molar-refractivity contribution in [2.75, 3.05) is 6.61 Å². The molecule has 4 atom stereocenters. The van der Waals surface area contributed by atoms with Crippen molar-refractivity contribution < 1.29 is 9.47 Å². The molecule has 0 aliphatic carbocycles.